The Balaban J connectivity index is 1.83. The zero-order valence-corrected chi connectivity index (χ0v) is 12.5. The summed E-state index contributed by atoms with van der Waals surface area (Å²) in [4.78, 5) is 0. The molecule has 0 aromatic heterocycles. The van der Waals surface area contributed by atoms with E-state index in [0.717, 1.165) is 5.92 Å². The lowest BCUT2D eigenvalue weighted by molar-refractivity contribution is 0.333. The molecule has 3 rings (SSSR count). The molecule has 0 bridgehead atoms. The first kappa shape index (κ1) is 12.4. The number of hydrogen-bond donors (Lipinski definition) is 0. The van der Waals surface area contributed by atoms with Gasteiger partial charge in [0.25, 0.3) is 0 Å². The van der Waals surface area contributed by atoms with Crippen molar-refractivity contribution < 1.29 is 4.74 Å². The third-order valence-electron chi connectivity index (χ3n) is 5.07. The van der Waals surface area contributed by atoms with E-state index in [1.807, 2.05) is 0 Å². The average molecular weight is 257 g/mol. The van der Waals surface area contributed by atoms with Crippen LogP contribution >= 0.6 is 0 Å². The van der Waals surface area contributed by atoms with E-state index in [0.29, 0.717) is 18.1 Å². The minimum absolute atomic E-state index is 0.586. The van der Waals surface area contributed by atoms with Gasteiger partial charge in [0.1, 0.15) is 0 Å². The van der Waals surface area contributed by atoms with Gasteiger partial charge >= 0.3 is 0 Å². The van der Waals surface area contributed by atoms with E-state index in [1.54, 1.807) is 0 Å². The van der Waals surface area contributed by atoms with Gasteiger partial charge in [-0.3, -0.25) is 0 Å². The highest BCUT2D eigenvalue weighted by molar-refractivity contribution is 6.33. The number of hydrogen-bond acceptors (Lipinski definition) is 1. The molecule has 4 unspecified atom stereocenters. The number of benzene rings is 1. The van der Waals surface area contributed by atoms with Crippen LogP contribution in [0.2, 0.25) is 0 Å². The maximum absolute atomic E-state index is 5.66. The lowest BCUT2D eigenvalue weighted by Gasteiger charge is -2.28. The van der Waals surface area contributed by atoms with Crippen LogP contribution in [0.4, 0.5) is 0 Å². The maximum atomic E-state index is 5.66. The molecule has 18 heavy (non-hydrogen) atoms. The molecule has 1 nitrogen and oxygen atoms in total. The smallest absolute Gasteiger partial charge is 0.0844 e. The summed E-state index contributed by atoms with van der Waals surface area (Å²) in [7, 11) is 3.67. The highest BCUT2D eigenvalue weighted by atomic mass is 28.1. The minimum atomic E-state index is 0.586. The molecule has 0 N–H and O–H groups in total. The van der Waals surface area contributed by atoms with E-state index in [-0.39, 0.29) is 0 Å². The molecule has 1 saturated heterocycles. The van der Waals surface area contributed by atoms with Gasteiger partial charge in [-0.15, -0.1) is 0 Å². The van der Waals surface area contributed by atoms with Gasteiger partial charge in [-0.05, 0) is 61.6 Å². The monoisotopic (exact) mass is 257 g/mol. The fraction of sp³-hybridized carbons (Fsp3) is 0.625. The molecular formula is C16H21OSi. The molecule has 3 radical (unpaired) electrons. The van der Waals surface area contributed by atoms with E-state index < -0.39 is 0 Å². The molecular weight excluding hydrogens is 236 g/mol. The standard InChI is InChI=1S/C16H21OSi/c1-9-10(2)16(18)7-5-13(9)11(3)12-4-6-14-15(8-12)17-14/h5,7,11-12,14-15H,4,6,8H2,1-3H3. The van der Waals surface area contributed by atoms with E-state index in [9.17, 15) is 0 Å². The molecule has 2 aliphatic rings. The Kier molecular flexibility index (Phi) is 3.11. The predicted molar refractivity (Wildman–Crippen MR) is 75.7 cm³/mol. The number of fused-ring (bicyclic) bond motifs is 1. The van der Waals surface area contributed by atoms with E-state index >= 15 is 0 Å². The summed E-state index contributed by atoms with van der Waals surface area (Å²) in [6, 6.07) is 4.50. The van der Waals surface area contributed by atoms with Crippen molar-refractivity contribution in [3.05, 3.63) is 28.8 Å². The van der Waals surface area contributed by atoms with Gasteiger partial charge in [0.2, 0.25) is 0 Å². The zero-order valence-electron chi connectivity index (χ0n) is 11.5. The molecule has 1 aromatic rings. The van der Waals surface area contributed by atoms with Gasteiger partial charge in [-0.2, -0.15) is 0 Å². The highest BCUT2D eigenvalue weighted by Gasteiger charge is 2.45. The number of rotatable bonds is 2. The summed E-state index contributed by atoms with van der Waals surface area (Å²) in [5.74, 6) is 1.45. The van der Waals surface area contributed by atoms with Gasteiger partial charge in [0.05, 0.1) is 22.5 Å². The largest absolute Gasteiger partial charge is 0.370 e. The van der Waals surface area contributed by atoms with Crippen molar-refractivity contribution in [2.24, 2.45) is 5.92 Å². The number of ether oxygens (including phenoxy) is 1. The summed E-state index contributed by atoms with van der Waals surface area (Å²) < 4.78 is 5.66. The van der Waals surface area contributed by atoms with Crippen molar-refractivity contribution in [1.82, 2.24) is 0 Å². The summed E-state index contributed by atoms with van der Waals surface area (Å²) >= 11 is 0. The van der Waals surface area contributed by atoms with Crippen LogP contribution in [0.25, 0.3) is 0 Å². The third kappa shape index (κ3) is 2.06. The summed E-state index contributed by atoms with van der Waals surface area (Å²) in [5.41, 5.74) is 4.36. The van der Waals surface area contributed by atoms with Gasteiger partial charge < -0.3 is 4.74 Å². The second-order valence-corrected chi connectivity index (χ2v) is 6.57. The molecule has 95 valence electrons. The Labute approximate surface area is 113 Å². The molecule has 0 spiro atoms. The Morgan fingerprint density at radius 1 is 1.17 bits per heavy atom. The van der Waals surface area contributed by atoms with Crippen LogP contribution in [0.15, 0.2) is 12.1 Å². The lowest BCUT2D eigenvalue weighted by atomic mass is 9.76. The SMILES string of the molecule is Cc1c([Si])ccc(C(C)C2CCC3OC3C2)c1C. The van der Waals surface area contributed by atoms with Crippen molar-refractivity contribution >= 4 is 15.4 Å². The first-order chi connectivity index (χ1) is 8.58. The van der Waals surface area contributed by atoms with Crippen LogP contribution in [0.3, 0.4) is 0 Å². The summed E-state index contributed by atoms with van der Waals surface area (Å²) in [6.45, 7) is 6.85. The van der Waals surface area contributed by atoms with Crippen molar-refractivity contribution in [2.45, 2.75) is 58.2 Å². The van der Waals surface area contributed by atoms with Crippen molar-refractivity contribution in [1.29, 1.82) is 0 Å². The second kappa shape index (κ2) is 4.50. The Morgan fingerprint density at radius 3 is 2.67 bits per heavy atom. The first-order valence-electron chi connectivity index (χ1n) is 7.05. The first-order valence-corrected chi connectivity index (χ1v) is 7.55. The van der Waals surface area contributed by atoms with Crippen LogP contribution in [0, 0.1) is 19.8 Å². The van der Waals surface area contributed by atoms with E-state index in [2.05, 4.69) is 43.1 Å². The Bertz CT molecular complexity index is 468. The van der Waals surface area contributed by atoms with Crippen LogP contribution in [0.1, 0.15) is 48.8 Å². The van der Waals surface area contributed by atoms with Crippen molar-refractivity contribution in [3.63, 3.8) is 0 Å². The molecule has 4 atom stereocenters. The Hall–Kier alpha value is -0.603. The molecule has 2 heteroatoms. The van der Waals surface area contributed by atoms with Crippen molar-refractivity contribution in [3.8, 4) is 0 Å². The molecule has 0 amide bonds. The minimum Gasteiger partial charge on any atom is -0.370 e. The normalized spacial score (nSPS) is 31.9. The van der Waals surface area contributed by atoms with Crippen LogP contribution < -0.4 is 5.19 Å². The van der Waals surface area contributed by atoms with Crippen LogP contribution in [0.5, 0.6) is 0 Å². The lowest BCUT2D eigenvalue weighted by Crippen LogP contribution is -2.21. The molecule has 2 fully saturated rings. The molecule has 1 aliphatic carbocycles. The van der Waals surface area contributed by atoms with Crippen LogP contribution in [-0.4, -0.2) is 22.5 Å². The van der Waals surface area contributed by atoms with E-state index in [1.165, 1.54) is 41.1 Å². The van der Waals surface area contributed by atoms with Gasteiger partial charge in [0.15, 0.2) is 0 Å². The quantitative estimate of drug-likeness (QED) is 0.586. The Morgan fingerprint density at radius 2 is 1.94 bits per heavy atom. The summed E-state index contributed by atoms with van der Waals surface area (Å²) in [5, 5.41) is 1.22. The van der Waals surface area contributed by atoms with Gasteiger partial charge in [0, 0.05) is 0 Å². The average Bonchev–Trinajstić information content (AvgIpc) is 3.13. The molecule has 1 aromatic carbocycles. The summed E-state index contributed by atoms with van der Waals surface area (Å²) in [6.07, 6.45) is 5.06. The fourth-order valence-electron chi connectivity index (χ4n) is 3.48. The molecule has 1 heterocycles. The highest BCUT2D eigenvalue weighted by Crippen LogP contribution is 2.45. The predicted octanol–water partition coefficient (Wildman–Crippen LogP) is 2.77. The van der Waals surface area contributed by atoms with Crippen molar-refractivity contribution in [2.75, 3.05) is 0 Å². The van der Waals surface area contributed by atoms with Gasteiger partial charge in [-0.25, -0.2) is 0 Å². The zero-order chi connectivity index (χ0) is 12.9. The van der Waals surface area contributed by atoms with Gasteiger partial charge in [-0.1, -0.05) is 24.2 Å². The second-order valence-electron chi connectivity index (χ2n) is 6.03. The van der Waals surface area contributed by atoms with E-state index in [4.69, 9.17) is 4.74 Å². The fourth-order valence-corrected chi connectivity index (χ4v) is 3.75. The number of epoxide rings is 1. The topological polar surface area (TPSA) is 12.5 Å². The third-order valence-corrected chi connectivity index (χ3v) is 5.61. The maximum Gasteiger partial charge on any atom is 0.0844 e. The van der Waals surface area contributed by atoms with Crippen LogP contribution in [-0.2, 0) is 4.74 Å². The molecule has 1 aliphatic heterocycles. The molecule has 1 saturated carbocycles.